The van der Waals surface area contributed by atoms with Crippen LogP contribution in [0.4, 0.5) is 0 Å². The van der Waals surface area contributed by atoms with E-state index < -0.39 is 12.1 Å². The third-order valence-electron chi connectivity index (χ3n) is 3.33. The molecule has 0 saturated carbocycles. The van der Waals surface area contributed by atoms with Crippen molar-refractivity contribution >= 4 is 5.78 Å². The van der Waals surface area contributed by atoms with E-state index >= 15 is 0 Å². The number of nitro groups is 1. The van der Waals surface area contributed by atoms with Gasteiger partial charge in [-0.05, 0) is 37.0 Å². The van der Waals surface area contributed by atoms with Crippen molar-refractivity contribution in [3.63, 3.8) is 0 Å². The summed E-state index contributed by atoms with van der Waals surface area (Å²) in [5.41, 5.74) is 2.28. The van der Waals surface area contributed by atoms with Crippen LogP contribution in [0, 0.1) is 10.1 Å². The molecule has 2 aliphatic rings. The summed E-state index contributed by atoms with van der Waals surface area (Å²) in [6.07, 6.45) is 6.22. The largest absolute Gasteiger partial charge is 0.370 e. The number of methoxy groups -OCH3 is 1. The van der Waals surface area contributed by atoms with Gasteiger partial charge in [0.15, 0.2) is 5.78 Å². The van der Waals surface area contributed by atoms with E-state index in [-0.39, 0.29) is 10.7 Å². The molecule has 0 amide bonds. The van der Waals surface area contributed by atoms with Gasteiger partial charge in [0.25, 0.3) is 6.04 Å². The van der Waals surface area contributed by atoms with E-state index in [1.54, 1.807) is 12.2 Å². The van der Waals surface area contributed by atoms with Crippen molar-refractivity contribution < 1.29 is 14.5 Å². The van der Waals surface area contributed by atoms with Crippen LogP contribution >= 0.6 is 0 Å². The first-order valence-corrected chi connectivity index (χ1v) is 5.85. The standard InChI is InChI=1S/C13H15NO4/c1-8(15)10-5-3-4-9-6-13(18-2)12(14(16)17)7-11(9)10/h5-7,12-13H,3-4H2,1-2H3. The molecule has 5 heteroatoms. The van der Waals surface area contributed by atoms with Crippen LogP contribution in [0.25, 0.3) is 0 Å². The number of carbonyl (C=O) groups is 1. The molecule has 2 rings (SSSR count). The molecule has 0 bridgehead atoms. The van der Waals surface area contributed by atoms with Gasteiger partial charge in [0.1, 0.15) is 6.10 Å². The van der Waals surface area contributed by atoms with E-state index in [2.05, 4.69) is 0 Å². The number of ether oxygens (including phenoxy) is 1. The Kier molecular flexibility index (Phi) is 3.43. The first-order valence-electron chi connectivity index (χ1n) is 5.85. The van der Waals surface area contributed by atoms with Crippen LogP contribution in [0.15, 0.2) is 34.9 Å². The van der Waals surface area contributed by atoms with Crippen LogP contribution in [0.3, 0.4) is 0 Å². The first-order chi connectivity index (χ1) is 8.54. The Morgan fingerprint density at radius 3 is 2.78 bits per heavy atom. The number of hydrogen-bond acceptors (Lipinski definition) is 4. The minimum absolute atomic E-state index is 0.0511. The summed E-state index contributed by atoms with van der Waals surface area (Å²) in [7, 11) is 1.46. The molecule has 96 valence electrons. The number of Topliss-reactive ketones (excluding diaryl/α,β-unsaturated/α-hetero) is 1. The van der Waals surface area contributed by atoms with Gasteiger partial charge in [0, 0.05) is 23.7 Å². The number of carbonyl (C=O) groups excluding carboxylic acids is 1. The Hall–Kier alpha value is -1.75. The van der Waals surface area contributed by atoms with Crippen molar-refractivity contribution in [2.24, 2.45) is 0 Å². The van der Waals surface area contributed by atoms with Crippen molar-refractivity contribution in [2.45, 2.75) is 31.9 Å². The number of nitrogens with zero attached hydrogens (tertiary/aromatic N) is 1. The Morgan fingerprint density at radius 1 is 1.50 bits per heavy atom. The predicted molar refractivity (Wildman–Crippen MR) is 65.7 cm³/mol. The summed E-state index contributed by atoms with van der Waals surface area (Å²) in [5.74, 6) is -0.0511. The summed E-state index contributed by atoms with van der Waals surface area (Å²) >= 11 is 0. The van der Waals surface area contributed by atoms with Gasteiger partial charge in [-0.2, -0.15) is 0 Å². The van der Waals surface area contributed by atoms with Crippen LogP contribution in [-0.2, 0) is 9.53 Å². The van der Waals surface area contributed by atoms with Gasteiger partial charge < -0.3 is 4.74 Å². The smallest absolute Gasteiger partial charge is 0.261 e. The predicted octanol–water partition coefficient (Wildman–Crippen LogP) is 1.82. The highest BCUT2D eigenvalue weighted by Gasteiger charge is 2.35. The highest BCUT2D eigenvalue weighted by atomic mass is 16.6. The van der Waals surface area contributed by atoms with Crippen LogP contribution in [0.5, 0.6) is 0 Å². The second kappa shape index (κ2) is 4.86. The Bertz CT molecular complexity index is 487. The highest BCUT2D eigenvalue weighted by Crippen LogP contribution is 2.34. The van der Waals surface area contributed by atoms with Crippen molar-refractivity contribution in [1.82, 2.24) is 0 Å². The second-order valence-electron chi connectivity index (χ2n) is 4.46. The zero-order chi connectivity index (χ0) is 13.3. The van der Waals surface area contributed by atoms with E-state index in [1.165, 1.54) is 14.0 Å². The average Bonchev–Trinajstić information content (AvgIpc) is 2.35. The highest BCUT2D eigenvalue weighted by molar-refractivity contribution is 5.99. The molecule has 0 N–H and O–H groups in total. The molecule has 0 aliphatic heterocycles. The average molecular weight is 249 g/mol. The minimum atomic E-state index is -0.922. The lowest BCUT2D eigenvalue weighted by Crippen LogP contribution is -2.35. The lowest BCUT2D eigenvalue weighted by atomic mass is 9.81. The molecule has 18 heavy (non-hydrogen) atoms. The molecule has 0 saturated heterocycles. The number of allylic oxidation sites excluding steroid dienone is 4. The maximum atomic E-state index is 11.5. The zero-order valence-corrected chi connectivity index (χ0v) is 10.4. The molecule has 0 radical (unpaired) electrons. The maximum Gasteiger partial charge on any atom is 0.261 e. The molecular formula is C13H15NO4. The summed E-state index contributed by atoms with van der Waals surface area (Å²) in [6, 6.07) is -0.922. The van der Waals surface area contributed by atoms with E-state index in [0.29, 0.717) is 11.1 Å². The summed E-state index contributed by atoms with van der Waals surface area (Å²) in [4.78, 5) is 22.2. The summed E-state index contributed by atoms with van der Waals surface area (Å²) < 4.78 is 5.14. The molecule has 0 aromatic carbocycles. The quantitative estimate of drug-likeness (QED) is 0.565. The third kappa shape index (κ3) is 2.13. The Labute approximate surface area is 105 Å². The fourth-order valence-corrected chi connectivity index (χ4v) is 2.44. The molecule has 0 aromatic heterocycles. The summed E-state index contributed by atoms with van der Waals surface area (Å²) in [5, 5.41) is 11.0. The van der Waals surface area contributed by atoms with Crippen molar-refractivity contribution in [3.8, 4) is 0 Å². The number of ketones is 1. The molecule has 2 unspecified atom stereocenters. The lowest BCUT2D eigenvalue weighted by molar-refractivity contribution is -0.519. The molecule has 2 aliphatic carbocycles. The van der Waals surface area contributed by atoms with Gasteiger partial charge >= 0.3 is 0 Å². The SMILES string of the molecule is COC1C=C2CCC=C(C(C)=O)C2=CC1[N+](=O)[O-]. The Morgan fingerprint density at radius 2 is 2.22 bits per heavy atom. The van der Waals surface area contributed by atoms with Gasteiger partial charge in [0.05, 0.1) is 0 Å². The van der Waals surface area contributed by atoms with Crippen LogP contribution in [-0.4, -0.2) is 30.0 Å². The first kappa shape index (κ1) is 12.7. The number of rotatable bonds is 3. The lowest BCUT2D eigenvalue weighted by Gasteiger charge is -2.26. The van der Waals surface area contributed by atoms with Crippen molar-refractivity contribution in [3.05, 3.63) is 45.1 Å². The zero-order valence-electron chi connectivity index (χ0n) is 10.4. The van der Waals surface area contributed by atoms with Crippen LogP contribution in [0.2, 0.25) is 0 Å². The summed E-state index contributed by atoms with van der Waals surface area (Å²) in [6.45, 7) is 1.49. The topological polar surface area (TPSA) is 69.4 Å². The van der Waals surface area contributed by atoms with Gasteiger partial charge in [0.2, 0.25) is 0 Å². The molecular weight excluding hydrogens is 234 g/mol. The van der Waals surface area contributed by atoms with Gasteiger partial charge in [-0.25, -0.2) is 0 Å². The Balaban J connectivity index is 2.44. The van der Waals surface area contributed by atoms with E-state index in [9.17, 15) is 14.9 Å². The van der Waals surface area contributed by atoms with Crippen molar-refractivity contribution in [2.75, 3.05) is 7.11 Å². The fourth-order valence-electron chi connectivity index (χ4n) is 2.44. The monoisotopic (exact) mass is 249 g/mol. The van der Waals surface area contributed by atoms with E-state index in [0.717, 1.165) is 18.4 Å². The normalized spacial score (nSPS) is 26.7. The molecule has 5 nitrogen and oxygen atoms in total. The third-order valence-corrected chi connectivity index (χ3v) is 3.33. The maximum absolute atomic E-state index is 11.5. The number of hydrogen-bond donors (Lipinski definition) is 0. The molecule has 2 atom stereocenters. The fraction of sp³-hybridized carbons (Fsp3) is 0.462. The van der Waals surface area contributed by atoms with Crippen molar-refractivity contribution in [1.29, 1.82) is 0 Å². The second-order valence-corrected chi connectivity index (χ2v) is 4.46. The molecule has 0 heterocycles. The minimum Gasteiger partial charge on any atom is -0.370 e. The van der Waals surface area contributed by atoms with Gasteiger partial charge in [-0.3, -0.25) is 14.9 Å². The molecule has 0 spiro atoms. The number of fused-ring (bicyclic) bond motifs is 1. The van der Waals surface area contributed by atoms with E-state index in [4.69, 9.17) is 4.74 Å². The molecule has 0 aromatic rings. The van der Waals surface area contributed by atoms with Gasteiger partial charge in [-0.15, -0.1) is 0 Å². The molecule has 0 fully saturated rings. The van der Waals surface area contributed by atoms with Crippen LogP contribution in [0.1, 0.15) is 19.8 Å². The van der Waals surface area contributed by atoms with Gasteiger partial charge in [-0.1, -0.05) is 6.08 Å². The van der Waals surface area contributed by atoms with Crippen LogP contribution < -0.4 is 0 Å². The van der Waals surface area contributed by atoms with E-state index in [1.807, 2.05) is 6.08 Å².